The van der Waals surface area contributed by atoms with Crippen molar-refractivity contribution in [2.24, 2.45) is 0 Å². The number of hydrogen-bond acceptors (Lipinski definition) is 1. The fourth-order valence-electron chi connectivity index (χ4n) is 1.21. The van der Waals surface area contributed by atoms with Crippen LogP contribution in [0.2, 0.25) is 0 Å². The Kier molecular flexibility index (Phi) is 3.75. The fourth-order valence-corrected chi connectivity index (χ4v) is 1.21. The van der Waals surface area contributed by atoms with Gasteiger partial charge in [-0.2, -0.15) is 5.10 Å². The molecule has 0 fully saturated rings. The van der Waals surface area contributed by atoms with Crippen LogP contribution in [-0.4, -0.2) is 10.2 Å². The lowest BCUT2D eigenvalue weighted by Gasteiger charge is -1.91. The monoisotopic (exact) mass is 186 g/mol. The Balaban J connectivity index is 0.000000461. The molecule has 0 unspecified atom stereocenters. The summed E-state index contributed by atoms with van der Waals surface area (Å²) in [6, 6.07) is 5.98. The van der Waals surface area contributed by atoms with Gasteiger partial charge < -0.3 is 0 Å². The summed E-state index contributed by atoms with van der Waals surface area (Å²) in [5.41, 5.74) is 2.03. The molecule has 0 radical (unpaired) electrons. The van der Waals surface area contributed by atoms with Crippen LogP contribution >= 0.6 is 0 Å². The molecule has 2 aromatic rings. The number of benzene rings is 1. The lowest BCUT2D eigenvalue weighted by atomic mass is 10.1. The van der Waals surface area contributed by atoms with Crippen molar-refractivity contribution in [3.05, 3.63) is 30.0 Å². The number of nitrogens with zero attached hydrogens (tertiary/aromatic N) is 1. The summed E-state index contributed by atoms with van der Waals surface area (Å²) in [5, 5.41) is 7.98. The van der Waals surface area contributed by atoms with Crippen LogP contribution in [0.3, 0.4) is 0 Å². The topological polar surface area (TPSA) is 28.7 Å². The van der Waals surface area contributed by atoms with E-state index in [1.54, 1.807) is 6.20 Å². The van der Waals surface area contributed by atoms with Crippen LogP contribution in [0.5, 0.6) is 0 Å². The van der Waals surface area contributed by atoms with Crippen molar-refractivity contribution in [3.63, 3.8) is 0 Å². The summed E-state index contributed by atoms with van der Waals surface area (Å²) in [6.45, 7) is 5.83. The second-order valence-electron chi connectivity index (χ2n) is 2.51. The van der Waals surface area contributed by atoms with E-state index < -0.39 is 0 Å². The maximum absolute atomic E-state index is 3.95. The van der Waals surface area contributed by atoms with Crippen molar-refractivity contribution >= 4 is 10.9 Å². The van der Waals surface area contributed by atoms with E-state index in [4.69, 9.17) is 0 Å². The molecule has 0 amide bonds. The summed E-state index contributed by atoms with van der Waals surface area (Å²) in [5.74, 6) is 5.88. The molecule has 2 heteroatoms. The number of rotatable bonds is 0. The van der Waals surface area contributed by atoms with Gasteiger partial charge in [0.25, 0.3) is 0 Å². The number of aromatic amines is 1. The van der Waals surface area contributed by atoms with Gasteiger partial charge in [-0.05, 0) is 13.0 Å². The molecule has 0 atom stereocenters. The first-order valence-corrected chi connectivity index (χ1v) is 4.76. The number of hydrogen-bond donors (Lipinski definition) is 1. The molecular formula is C12H14N2. The minimum atomic E-state index is 1.01. The summed E-state index contributed by atoms with van der Waals surface area (Å²) in [4.78, 5) is 0. The first-order valence-electron chi connectivity index (χ1n) is 4.76. The highest BCUT2D eigenvalue weighted by Crippen LogP contribution is 2.13. The molecule has 2 nitrogen and oxygen atoms in total. The molecule has 0 spiro atoms. The summed E-state index contributed by atoms with van der Waals surface area (Å²) >= 11 is 0. The molecule has 1 N–H and O–H groups in total. The molecule has 2 rings (SSSR count). The Morgan fingerprint density at radius 1 is 1.29 bits per heavy atom. The largest absolute Gasteiger partial charge is 0.277 e. The Hall–Kier alpha value is -1.75. The van der Waals surface area contributed by atoms with Gasteiger partial charge in [-0.25, -0.2) is 0 Å². The van der Waals surface area contributed by atoms with Gasteiger partial charge in [-0.3, -0.25) is 5.10 Å². The van der Waals surface area contributed by atoms with Gasteiger partial charge in [0.1, 0.15) is 0 Å². The molecule has 1 aromatic carbocycles. The van der Waals surface area contributed by atoms with Crippen molar-refractivity contribution in [1.29, 1.82) is 0 Å². The van der Waals surface area contributed by atoms with E-state index in [1.165, 1.54) is 0 Å². The number of para-hydroxylation sites is 1. The van der Waals surface area contributed by atoms with E-state index in [0.717, 1.165) is 16.5 Å². The smallest absolute Gasteiger partial charge is 0.0806 e. The lowest BCUT2D eigenvalue weighted by Crippen LogP contribution is -1.76. The van der Waals surface area contributed by atoms with Gasteiger partial charge in [-0.1, -0.05) is 31.9 Å². The minimum Gasteiger partial charge on any atom is -0.277 e. The lowest BCUT2D eigenvalue weighted by molar-refractivity contribution is 1.12. The Bertz CT molecular complexity index is 458. The number of nitrogens with one attached hydrogen (secondary N) is 1. The molecular weight excluding hydrogens is 172 g/mol. The second-order valence-corrected chi connectivity index (χ2v) is 2.51. The van der Waals surface area contributed by atoms with Crippen molar-refractivity contribution in [3.8, 4) is 11.8 Å². The van der Waals surface area contributed by atoms with Crippen molar-refractivity contribution < 1.29 is 0 Å². The van der Waals surface area contributed by atoms with Gasteiger partial charge in [0, 0.05) is 5.39 Å². The van der Waals surface area contributed by atoms with Gasteiger partial charge in [0.15, 0.2) is 0 Å². The van der Waals surface area contributed by atoms with E-state index in [0.29, 0.717) is 0 Å². The summed E-state index contributed by atoms with van der Waals surface area (Å²) in [6.07, 6.45) is 1.80. The van der Waals surface area contributed by atoms with Crippen LogP contribution in [0, 0.1) is 11.8 Å². The zero-order valence-electron chi connectivity index (χ0n) is 8.76. The Morgan fingerprint density at radius 3 is 2.79 bits per heavy atom. The molecule has 14 heavy (non-hydrogen) atoms. The van der Waals surface area contributed by atoms with E-state index in [-0.39, 0.29) is 0 Å². The SMILES string of the molecule is CC.CC#Cc1cccc2cn[nH]c12. The van der Waals surface area contributed by atoms with Gasteiger partial charge in [0.05, 0.1) is 17.3 Å². The molecule has 1 heterocycles. The summed E-state index contributed by atoms with van der Waals surface area (Å²) in [7, 11) is 0. The average molecular weight is 186 g/mol. The molecule has 0 saturated carbocycles. The van der Waals surface area contributed by atoms with Crippen LogP contribution in [-0.2, 0) is 0 Å². The van der Waals surface area contributed by atoms with Crippen molar-refractivity contribution in [2.75, 3.05) is 0 Å². The Labute approximate surface area is 84.3 Å². The third kappa shape index (κ3) is 1.94. The molecule has 0 aliphatic carbocycles. The maximum atomic E-state index is 3.95. The average Bonchev–Trinajstić information content (AvgIpc) is 2.70. The quantitative estimate of drug-likeness (QED) is 0.629. The zero-order chi connectivity index (χ0) is 10.4. The van der Waals surface area contributed by atoms with Gasteiger partial charge >= 0.3 is 0 Å². The van der Waals surface area contributed by atoms with E-state index in [1.807, 2.05) is 39.0 Å². The van der Waals surface area contributed by atoms with Crippen LogP contribution in [0.15, 0.2) is 24.4 Å². The van der Waals surface area contributed by atoms with E-state index in [9.17, 15) is 0 Å². The normalized spacial score (nSPS) is 8.50. The summed E-state index contributed by atoms with van der Waals surface area (Å²) < 4.78 is 0. The number of aromatic nitrogens is 2. The third-order valence-corrected chi connectivity index (χ3v) is 1.74. The molecule has 1 aromatic heterocycles. The molecule has 72 valence electrons. The highest BCUT2D eigenvalue weighted by atomic mass is 15.1. The van der Waals surface area contributed by atoms with Crippen molar-refractivity contribution in [2.45, 2.75) is 20.8 Å². The van der Waals surface area contributed by atoms with Crippen LogP contribution in [0.25, 0.3) is 10.9 Å². The minimum absolute atomic E-state index is 1.01. The van der Waals surface area contributed by atoms with E-state index in [2.05, 4.69) is 22.0 Å². The molecule has 0 saturated heterocycles. The van der Waals surface area contributed by atoms with Crippen molar-refractivity contribution in [1.82, 2.24) is 10.2 Å². The molecule has 0 aliphatic rings. The highest BCUT2D eigenvalue weighted by molar-refractivity contribution is 5.83. The highest BCUT2D eigenvalue weighted by Gasteiger charge is 1.97. The first kappa shape index (κ1) is 10.3. The Morgan fingerprint density at radius 2 is 2.07 bits per heavy atom. The number of H-pyrrole nitrogens is 1. The van der Waals surface area contributed by atoms with E-state index >= 15 is 0 Å². The fraction of sp³-hybridized carbons (Fsp3) is 0.250. The van der Waals surface area contributed by atoms with Crippen LogP contribution in [0.4, 0.5) is 0 Å². The van der Waals surface area contributed by atoms with Gasteiger partial charge in [0.2, 0.25) is 0 Å². The van der Waals surface area contributed by atoms with Crippen LogP contribution in [0.1, 0.15) is 26.3 Å². The third-order valence-electron chi connectivity index (χ3n) is 1.74. The number of fused-ring (bicyclic) bond motifs is 1. The first-order chi connectivity index (χ1) is 6.92. The zero-order valence-corrected chi connectivity index (χ0v) is 8.76. The van der Waals surface area contributed by atoms with Gasteiger partial charge in [-0.15, -0.1) is 5.92 Å². The van der Waals surface area contributed by atoms with Crippen LogP contribution < -0.4 is 0 Å². The second kappa shape index (κ2) is 5.08. The molecule has 0 bridgehead atoms. The predicted octanol–water partition coefficient (Wildman–Crippen LogP) is 2.96. The predicted molar refractivity (Wildman–Crippen MR) is 60.0 cm³/mol. The standard InChI is InChI=1S/C10H8N2.C2H6/c1-2-4-8-5-3-6-9-7-11-12-10(8)9;1-2/h3,5-7H,1H3,(H,11,12);1-2H3. The maximum Gasteiger partial charge on any atom is 0.0806 e. The molecule has 0 aliphatic heterocycles.